The highest BCUT2D eigenvalue weighted by molar-refractivity contribution is 14.1. The van der Waals surface area contributed by atoms with Crippen LogP contribution in [0.5, 0.6) is 0 Å². The summed E-state index contributed by atoms with van der Waals surface area (Å²) in [6, 6.07) is 4.47. The number of aromatic nitrogens is 2. The molecule has 5 heteroatoms. The Morgan fingerprint density at radius 1 is 1.67 bits per heavy atom. The Kier molecular flexibility index (Phi) is 3.30. The minimum atomic E-state index is 0.272. The van der Waals surface area contributed by atoms with E-state index >= 15 is 0 Å². The third-order valence-electron chi connectivity index (χ3n) is 2.34. The van der Waals surface area contributed by atoms with E-state index in [0.717, 1.165) is 15.8 Å². The van der Waals surface area contributed by atoms with Gasteiger partial charge in [-0.2, -0.15) is 5.10 Å². The predicted molar refractivity (Wildman–Crippen MR) is 72.1 cm³/mol. The third kappa shape index (κ3) is 2.03. The van der Waals surface area contributed by atoms with Gasteiger partial charge in [-0.3, -0.25) is 0 Å². The standard InChI is InChI=1S/C10H12IN3S/c1-2-8(9-4-3-5-15-9)14-10(12)7(11)6-13-14/h3-6,8H,2,12H2,1H3. The predicted octanol–water partition coefficient (Wildman–Crippen LogP) is 3.13. The maximum atomic E-state index is 5.98. The first kappa shape index (κ1) is 10.9. The Bertz CT molecular complexity index is 435. The molecule has 3 nitrogen and oxygen atoms in total. The lowest BCUT2D eigenvalue weighted by Crippen LogP contribution is -2.12. The van der Waals surface area contributed by atoms with Crippen LogP contribution in [-0.4, -0.2) is 9.78 Å². The van der Waals surface area contributed by atoms with Crippen LogP contribution in [0.4, 0.5) is 5.82 Å². The van der Waals surface area contributed by atoms with Crippen LogP contribution in [0.3, 0.4) is 0 Å². The third-order valence-corrected chi connectivity index (χ3v) is 4.15. The van der Waals surface area contributed by atoms with Gasteiger partial charge in [-0.1, -0.05) is 13.0 Å². The Morgan fingerprint density at radius 2 is 2.47 bits per heavy atom. The Balaban J connectivity index is 2.40. The highest BCUT2D eigenvalue weighted by Gasteiger charge is 2.16. The van der Waals surface area contributed by atoms with E-state index in [1.54, 1.807) is 11.3 Å². The van der Waals surface area contributed by atoms with Gasteiger partial charge in [0.05, 0.1) is 15.8 Å². The van der Waals surface area contributed by atoms with Crippen LogP contribution in [0.25, 0.3) is 0 Å². The average Bonchev–Trinajstić information content (AvgIpc) is 2.84. The van der Waals surface area contributed by atoms with E-state index in [1.165, 1.54) is 4.88 Å². The van der Waals surface area contributed by atoms with E-state index < -0.39 is 0 Å². The number of rotatable bonds is 3. The molecule has 0 aliphatic rings. The summed E-state index contributed by atoms with van der Waals surface area (Å²) in [5.41, 5.74) is 5.98. The second kappa shape index (κ2) is 4.52. The van der Waals surface area contributed by atoms with E-state index in [-0.39, 0.29) is 6.04 Å². The molecule has 0 amide bonds. The van der Waals surface area contributed by atoms with Crippen molar-refractivity contribution >= 4 is 39.7 Å². The number of halogens is 1. The average molecular weight is 333 g/mol. The maximum absolute atomic E-state index is 5.98. The van der Waals surface area contributed by atoms with Crippen LogP contribution in [0.15, 0.2) is 23.7 Å². The smallest absolute Gasteiger partial charge is 0.135 e. The van der Waals surface area contributed by atoms with Gasteiger partial charge in [0.1, 0.15) is 5.82 Å². The fraction of sp³-hybridized carbons (Fsp3) is 0.300. The lowest BCUT2D eigenvalue weighted by molar-refractivity contribution is 0.524. The molecule has 2 heterocycles. The van der Waals surface area contributed by atoms with Crippen LogP contribution >= 0.6 is 33.9 Å². The molecular weight excluding hydrogens is 321 g/mol. The van der Waals surface area contributed by atoms with Crippen molar-refractivity contribution < 1.29 is 0 Å². The Morgan fingerprint density at radius 3 is 2.93 bits per heavy atom. The molecule has 15 heavy (non-hydrogen) atoms. The second-order valence-electron chi connectivity index (χ2n) is 3.26. The summed E-state index contributed by atoms with van der Waals surface area (Å²) >= 11 is 3.96. The normalized spacial score (nSPS) is 12.9. The summed E-state index contributed by atoms with van der Waals surface area (Å²) in [5.74, 6) is 0.760. The van der Waals surface area contributed by atoms with Crippen molar-refractivity contribution in [1.29, 1.82) is 0 Å². The molecule has 80 valence electrons. The van der Waals surface area contributed by atoms with Gasteiger partial charge < -0.3 is 5.73 Å². The van der Waals surface area contributed by atoms with Crippen molar-refractivity contribution in [2.24, 2.45) is 0 Å². The molecule has 1 unspecified atom stereocenters. The summed E-state index contributed by atoms with van der Waals surface area (Å²) in [6.45, 7) is 2.15. The van der Waals surface area contributed by atoms with Gasteiger partial charge in [-0.05, 0) is 40.5 Å². The Hall–Kier alpha value is -0.560. The number of nitrogens with zero attached hydrogens (tertiary/aromatic N) is 2. The van der Waals surface area contributed by atoms with Crippen molar-refractivity contribution in [3.63, 3.8) is 0 Å². The molecule has 0 fully saturated rings. The fourth-order valence-corrected chi connectivity index (χ4v) is 2.84. The number of nitrogens with two attached hydrogens (primary N) is 1. The zero-order valence-electron chi connectivity index (χ0n) is 8.35. The quantitative estimate of drug-likeness (QED) is 0.877. The van der Waals surface area contributed by atoms with E-state index in [2.05, 4.69) is 52.1 Å². The largest absolute Gasteiger partial charge is 0.383 e. The summed E-state index contributed by atoms with van der Waals surface area (Å²) in [4.78, 5) is 1.31. The van der Waals surface area contributed by atoms with Gasteiger partial charge in [0.2, 0.25) is 0 Å². The molecule has 0 saturated carbocycles. The van der Waals surface area contributed by atoms with E-state index in [9.17, 15) is 0 Å². The zero-order valence-corrected chi connectivity index (χ0v) is 11.3. The molecular formula is C10H12IN3S. The van der Waals surface area contributed by atoms with Gasteiger partial charge in [-0.15, -0.1) is 11.3 Å². The minimum Gasteiger partial charge on any atom is -0.383 e. The van der Waals surface area contributed by atoms with E-state index in [1.807, 2.05) is 10.9 Å². The zero-order chi connectivity index (χ0) is 10.8. The molecule has 2 N–H and O–H groups in total. The highest BCUT2D eigenvalue weighted by atomic mass is 127. The van der Waals surface area contributed by atoms with E-state index in [0.29, 0.717) is 0 Å². The number of thiophene rings is 1. The minimum absolute atomic E-state index is 0.272. The van der Waals surface area contributed by atoms with Crippen LogP contribution < -0.4 is 5.73 Å². The van der Waals surface area contributed by atoms with Gasteiger partial charge in [-0.25, -0.2) is 4.68 Å². The van der Waals surface area contributed by atoms with Crippen molar-refractivity contribution in [1.82, 2.24) is 9.78 Å². The van der Waals surface area contributed by atoms with Crippen molar-refractivity contribution in [2.75, 3.05) is 5.73 Å². The first-order valence-electron chi connectivity index (χ1n) is 4.76. The summed E-state index contributed by atoms with van der Waals surface area (Å²) < 4.78 is 2.93. The molecule has 0 aliphatic heterocycles. The molecule has 2 rings (SSSR count). The second-order valence-corrected chi connectivity index (χ2v) is 5.40. The molecule has 2 aromatic rings. The maximum Gasteiger partial charge on any atom is 0.135 e. The number of hydrogen-bond acceptors (Lipinski definition) is 3. The first-order chi connectivity index (χ1) is 7.24. The molecule has 1 atom stereocenters. The molecule has 0 aliphatic carbocycles. The summed E-state index contributed by atoms with van der Waals surface area (Å²) in [6.07, 6.45) is 2.81. The number of hydrogen-bond donors (Lipinski definition) is 1. The van der Waals surface area contributed by atoms with Crippen molar-refractivity contribution in [2.45, 2.75) is 19.4 Å². The van der Waals surface area contributed by atoms with Crippen molar-refractivity contribution in [3.8, 4) is 0 Å². The van der Waals surface area contributed by atoms with Gasteiger partial charge >= 0.3 is 0 Å². The first-order valence-corrected chi connectivity index (χ1v) is 6.71. The molecule has 0 bridgehead atoms. The molecule has 0 aromatic carbocycles. The van der Waals surface area contributed by atoms with Gasteiger partial charge in [0.15, 0.2) is 0 Å². The van der Waals surface area contributed by atoms with Crippen LogP contribution in [0.2, 0.25) is 0 Å². The lowest BCUT2D eigenvalue weighted by Gasteiger charge is -2.15. The molecule has 0 spiro atoms. The number of nitrogen functional groups attached to an aromatic ring is 1. The molecule has 0 radical (unpaired) electrons. The van der Waals surface area contributed by atoms with E-state index in [4.69, 9.17) is 5.73 Å². The highest BCUT2D eigenvalue weighted by Crippen LogP contribution is 2.29. The molecule has 2 aromatic heterocycles. The van der Waals surface area contributed by atoms with Gasteiger partial charge in [0, 0.05) is 4.88 Å². The molecule has 0 saturated heterocycles. The van der Waals surface area contributed by atoms with Gasteiger partial charge in [0.25, 0.3) is 0 Å². The van der Waals surface area contributed by atoms with Crippen LogP contribution in [-0.2, 0) is 0 Å². The SMILES string of the molecule is CCC(c1cccs1)n1ncc(I)c1N. The topological polar surface area (TPSA) is 43.8 Å². The summed E-state index contributed by atoms with van der Waals surface area (Å²) in [7, 11) is 0. The Labute approximate surface area is 106 Å². The van der Waals surface area contributed by atoms with Crippen LogP contribution in [0.1, 0.15) is 24.3 Å². The lowest BCUT2D eigenvalue weighted by atomic mass is 10.2. The monoisotopic (exact) mass is 333 g/mol. The van der Waals surface area contributed by atoms with Crippen LogP contribution in [0, 0.1) is 3.57 Å². The fourth-order valence-electron chi connectivity index (χ4n) is 1.57. The van der Waals surface area contributed by atoms with Crippen molar-refractivity contribution in [3.05, 3.63) is 32.2 Å². The number of anilines is 1. The summed E-state index contributed by atoms with van der Waals surface area (Å²) in [5, 5.41) is 6.42.